The molecule has 4 aromatic rings. The van der Waals surface area contributed by atoms with Crippen LogP contribution in [0.3, 0.4) is 0 Å². The molecule has 2 heterocycles. The highest BCUT2D eigenvalue weighted by Gasteiger charge is 2.52. The van der Waals surface area contributed by atoms with Crippen LogP contribution in [0, 0.1) is 0 Å². The molecule has 0 aliphatic heterocycles. The third-order valence-electron chi connectivity index (χ3n) is 4.37. The normalized spacial score (nSPS) is 17.0. The Morgan fingerprint density at radius 3 is 1.46 bits per heavy atom. The zero-order chi connectivity index (χ0) is 16.9. The van der Waals surface area contributed by atoms with E-state index in [2.05, 4.69) is 9.97 Å². The molecule has 6 nitrogen and oxygen atoms in total. The zero-order valence-electron chi connectivity index (χ0n) is 13.2. The van der Waals surface area contributed by atoms with Crippen molar-refractivity contribution >= 4 is 22.2 Å². The maximum absolute atomic E-state index is 11.0. The van der Waals surface area contributed by atoms with E-state index in [0.717, 1.165) is 0 Å². The second-order valence-electron chi connectivity index (χ2n) is 6.12. The van der Waals surface area contributed by atoms with Crippen LogP contribution in [0.2, 0.25) is 0 Å². The van der Waals surface area contributed by atoms with Crippen molar-refractivity contribution in [3.05, 3.63) is 60.3 Å². The molecule has 2 aromatic heterocycles. The summed E-state index contributed by atoms with van der Waals surface area (Å²) < 4.78 is 11.2. The molecular weight excluding hydrogens is 308 g/mol. The molecule has 0 fully saturated rings. The van der Waals surface area contributed by atoms with Gasteiger partial charge < -0.3 is 19.0 Å². The molecule has 2 N–H and O–H groups in total. The lowest BCUT2D eigenvalue weighted by Crippen LogP contribution is -2.45. The Hall–Kier alpha value is -2.70. The summed E-state index contributed by atoms with van der Waals surface area (Å²) in [7, 11) is 0. The SMILES string of the molecule is CC(O)(c1nc2ccccc2o1)C(C)(O)c1nc2ccccc2o1. The Kier molecular flexibility index (Phi) is 3.03. The number of hydrogen-bond donors (Lipinski definition) is 2. The van der Waals surface area contributed by atoms with Crippen molar-refractivity contribution in [1.29, 1.82) is 0 Å². The summed E-state index contributed by atoms with van der Waals surface area (Å²) in [6.45, 7) is 2.85. The lowest BCUT2D eigenvalue weighted by atomic mass is 9.85. The standard InChI is InChI=1S/C18H16N2O4/c1-17(21,15-19-11-7-3-5-9-13(11)23-15)18(2,22)16-20-12-8-4-6-10-14(12)24-16/h3-10,21-22H,1-2H3. The van der Waals surface area contributed by atoms with E-state index in [1.54, 1.807) is 24.3 Å². The summed E-state index contributed by atoms with van der Waals surface area (Å²) in [6.07, 6.45) is 0. The van der Waals surface area contributed by atoms with E-state index >= 15 is 0 Å². The topological polar surface area (TPSA) is 92.5 Å². The van der Waals surface area contributed by atoms with Gasteiger partial charge in [-0.05, 0) is 38.1 Å². The number of benzene rings is 2. The van der Waals surface area contributed by atoms with Crippen LogP contribution in [-0.4, -0.2) is 20.2 Å². The van der Waals surface area contributed by atoms with Crippen molar-refractivity contribution < 1.29 is 19.0 Å². The lowest BCUT2D eigenvalue weighted by Gasteiger charge is -2.33. The van der Waals surface area contributed by atoms with Crippen LogP contribution in [0.5, 0.6) is 0 Å². The molecule has 0 bridgehead atoms. The molecule has 0 amide bonds. The second kappa shape index (κ2) is 4.90. The molecule has 0 aliphatic carbocycles. The predicted octanol–water partition coefficient (Wildman–Crippen LogP) is 3.08. The van der Waals surface area contributed by atoms with Gasteiger partial charge in [-0.15, -0.1) is 0 Å². The number of nitrogens with zero attached hydrogens (tertiary/aromatic N) is 2. The lowest BCUT2D eigenvalue weighted by molar-refractivity contribution is -0.166. The summed E-state index contributed by atoms with van der Waals surface area (Å²) in [5.41, 5.74) is -1.43. The second-order valence-corrected chi connectivity index (χ2v) is 6.12. The van der Waals surface area contributed by atoms with Crippen LogP contribution in [0.1, 0.15) is 25.6 Å². The summed E-state index contributed by atoms with van der Waals surface area (Å²) >= 11 is 0. The van der Waals surface area contributed by atoms with Gasteiger partial charge in [0.05, 0.1) is 0 Å². The largest absolute Gasteiger partial charge is 0.437 e. The van der Waals surface area contributed by atoms with Crippen LogP contribution >= 0.6 is 0 Å². The summed E-state index contributed by atoms with van der Waals surface area (Å²) in [5, 5.41) is 22.0. The zero-order valence-corrected chi connectivity index (χ0v) is 13.2. The van der Waals surface area contributed by atoms with Gasteiger partial charge in [-0.3, -0.25) is 0 Å². The van der Waals surface area contributed by atoms with Gasteiger partial charge in [-0.2, -0.15) is 0 Å². The van der Waals surface area contributed by atoms with Crippen molar-refractivity contribution in [2.75, 3.05) is 0 Å². The van der Waals surface area contributed by atoms with E-state index in [0.29, 0.717) is 22.2 Å². The molecule has 0 aliphatic rings. The molecule has 0 saturated heterocycles. The Balaban J connectivity index is 1.83. The fourth-order valence-corrected chi connectivity index (χ4v) is 2.58. The fourth-order valence-electron chi connectivity index (χ4n) is 2.58. The molecule has 2 unspecified atom stereocenters. The number of fused-ring (bicyclic) bond motifs is 2. The molecule has 0 radical (unpaired) electrons. The molecule has 2 atom stereocenters. The Labute approximate surface area is 137 Å². The smallest absolute Gasteiger partial charge is 0.230 e. The van der Waals surface area contributed by atoms with Crippen LogP contribution < -0.4 is 0 Å². The van der Waals surface area contributed by atoms with Gasteiger partial charge in [0.15, 0.2) is 22.4 Å². The first kappa shape index (κ1) is 14.9. The van der Waals surface area contributed by atoms with Gasteiger partial charge >= 0.3 is 0 Å². The summed E-state index contributed by atoms with van der Waals surface area (Å²) in [4.78, 5) is 8.57. The van der Waals surface area contributed by atoms with Gasteiger partial charge in [0.25, 0.3) is 0 Å². The van der Waals surface area contributed by atoms with Gasteiger partial charge in [0.2, 0.25) is 11.8 Å². The number of aliphatic hydroxyl groups is 2. The Morgan fingerprint density at radius 1 is 0.708 bits per heavy atom. The number of para-hydroxylation sites is 4. The highest BCUT2D eigenvalue weighted by Crippen LogP contribution is 2.41. The first-order valence-corrected chi connectivity index (χ1v) is 7.56. The minimum atomic E-state index is -1.84. The van der Waals surface area contributed by atoms with Crippen molar-refractivity contribution in [1.82, 2.24) is 9.97 Å². The van der Waals surface area contributed by atoms with E-state index in [1.165, 1.54) is 13.8 Å². The quantitative estimate of drug-likeness (QED) is 0.601. The molecule has 4 rings (SSSR count). The first-order valence-electron chi connectivity index (χ1n) is 7.56. The van der Waals surface area contributed by atoms with Crippen molar-refractivity contribution in [3.63, 3.8) is 0 Å². The van der Waals surface area contributed by atoms with Crippen LogP contribution in [0.4, 0.5) is 0 Å². The average molecular weight is 324 g/mol. The molecule has 24 heavy (non-hydrogen) atoms. The van der Waals surface area contributed by atoms with Crippen molar-refractivity contribution in [3.8, 4) is 0 Å². The predicted molar refractivity (Wildman–Crippen MR) is 87.2 cm³/mol. The monoisotopic (exact) mass is 324 g/mol. The fraction of sp³-hybridized carbons (Fsp3) is 0.222. The van der Waals surface area contributed by atoms with Gasteiger partial charge in [-0.1, -0.05) is 24.3 Å². The maximum Gasteiger partial charge on any atom is 0.230 e. The van der Waals surface area contributed by atoms with Gasteiger partial charge in [0.1, 0.15) is 11.0 Å². The Bertz CT molecular complexity index is 880. The summed E-state index contributed by atoms with van der Waals surface area (Å²) in [5.74, 6) is -0.00749. The number of rotatable bonds is 3. The van der Waals surface area contributed by atoms with Crippen LogP contribution in [0.15, 0.2) is 57.4 Å². The van der Waals surface area contributed by atoms with E-state index in [9.17, 15) is 10.2 Å². The van der Waals surface area contributed by atoms with Crippen LogP contribution in [0.25, 0.3) is 22.2 Å². The Morgan fingerprint density at radius 2 is 1.08 bits per heavy atom. The average Bonchev–Trinajstić information content (AvgIpc) is 3.19. The van der Waals surface area contributed by atoms with Gasteiger partial charge in [-0.25, -0.2) is 9.97 Å². The number of aromatic nitrogens is 2. The molecule has 2 aromatic carbocycles. The molecular formula is C18H16N2O4. The molecule has 0 spiro atoms. The van der Waals surface area contributed by atoms with Crippen molar-refractivity contribution in [2.45, 2.75) is 25.0 Å². The van der Waals surface area contributed by atoms with E-state index in [-0.39, 0.29) is 11.8 Å². The first-order chi connectivity index (χ1) is 11.4. The highest BCUT2D eigenvalue weighted by molar-refractivity contribution is 5.73. The van der Waals surface area contributed by atoms with E-state index < -0.39 is 11.2 Å². The van der Waals surface area contributed by atoms with Crippen LogP contribution in [-0.2, 0) is 11.2 Å². The van der Waals surface area contributed by atoms with E-state index in [4.69, 9.17) is 8.83 Å². The maximum atomic E-state index is 11.0. The minimum absolute atomic E-state index is 0.00374. The third kappa shape index (κ3) is 2.04. The number of oxazole rings is 2. The number of hydrogen-bond acceptors (Lipinski definition) is 6. The van der Waals surface area contributed by atoms with E-state index in [1.807, 2.05) is 24.3 Å². The molecule has 0 saturated carbocycles. The van der Waals surface area contributed by atoms with Gasteiger partial charge in [0, 0.05) is 0 Å². The van der Waals surface area contributed by atoms with Crippen molar-refractivity contribution in [2.24, 2.45) is 0 Å². The minimum Gasteiger partial charge on any atom is -0.437 e. The highest BCUT2D eigenvalue weighted by atomic mass is 16.4. The third-order valence-corrected chi connectivity index (χ3v) is 4.37. The molecule has 122 valence electrons. The summed E-state index contributed by atoms with van der Waals surface area (Å²) in [6, 6.07) is 14.3. The molecule has 6 heteroatoms.